The largest absolute Gasteiger partial charge is 0.481 e. The zero-order valence-corrected chi connectivity index (χ0v) is 12.8. The Labute approximate surface area is 125 Å². The van der Waals surface area contributed by atoms with Gasteiger partial charge in [0.05, 0.1) is 23.9 Å². The van der Waals surface area contributed by atoms with Crippen LogP contribution in [0.1, 0.15) is 39.2 Å². The third-order valence-corrected chi connectivity index (χ3v) is 5.21. The molecule has 0 radical (unpaired) electrons. The summed E-state index contributed by atoms with van der Waals surface area (Å²) in [4.78, 5) is 11.8. The lowest BCUT2D eigenvalue weighted by Gasteiger charge is -2.43. The molecule has 4 nitrogen and oxygen atoms in total. The first-order valence-corrected chi connectivity index (χ1v) is 7.38. The number of aliphatic carboxylic acids is 1. The minimum absolute atomic E-state index is 0.179. The Hall–Kier alpha value is -1.39. The zero-order chi connectivity index (χ0) is 15.3. The van der Waals surface area contributed by atoms with Gasteiger partial charge in [-0.05, 0) is 39.2 Å². The molecule has 0 spiro atoms. The van der Waals surface area contributed by atoms with E-state index < -0.39 is 22.6 Å². The Balaban J connectivity index is 1.77. The smallest absolute Gasteiger partial charge is 0.312 e. The van der Waals surface area contributed by atoms with Crippen molar-refractivity contribution in [1.82, 2.24) is 0 Å². The summed E-state index contributed by atoms with van der Waals surface area (Å²) < 4.78 is 12.1. The van der Waals surface area contributed by atoms with Gasteiger partial charge in [-0.2, -0.15) is 0 Å². The molecule has 1 aliphatic heterocycles. The van der Waals surface area contributed by atoms with E-state index in [0.717, 1.165) is 5.56 Å². The van der Waals surface area contributed by atoms with E-state index in [1.54, 1.807) is 0 Å². The molecule has 3 atom stereocenters. The standard InChI is InChI=1S/C17H22O4/c1-15(2)17(14(18)19)9-13(16(3,11-17)21-15)20-10-12-7-5-4-6-8-12/h4-8,13H,9-11H2,1-3H3,(H,18,19)/t13-,16+,17+/m0/s1. The van der Waals surface area contributed by atoms with Crippen molar-refractivity contribution in [2.75, 3.05) is 0 Å². The maximum atomic E-state index is 11.8. The molecule has 0 aromatic heterocycles. The lowest BCUT2D eigenvalue weighted by atomic mass is 9.73. The lowest BCUT2D eigenvalue weighted by Crippen LogP contribution is -2.52. The quantitative estimate of drug-likeness (QED) is 0.926. The number of ether oxygens (including phenoxy) is 2. The van der Waals surface area contributed by atoms with Crippen LogP contribution >= 0.6 is 0 Å². The minimum atomic E-state index is -0.844. The summed E-state index contributed by atoms with van der Waals surface area (Å²) in [6, 6.07) is 9.92. The lowest BCUT2D eigenvalue weighted by molar-refractivity contribution is -0.209. The predicted molar refractivity (Wildman–Crippen MR) is 77.9 cm³/mol. The molecule has 4 heteroatoms. The van der Waals surface area contributed by atoms with Crippen LogP contribution in [0.25, 0.3) is 0 Å². The normalized spacial score (nSPS) is 36.8. The number of hydrogen-bond donors (Lipinski definition) is 1. The second kappa shape index (κ2) is 4.55. The van der Waals surface area contributed by atoms with Crippen LogP contribution in [0.3, 0.4) is 0 Å². The van der Waals surface area contributed by atoms with Gasteiger partial charge in [-0.15, -0.1) is 0 Å². The van der Waals surface area contributed by atoms with Crippen molar-refractivity contribution in [3.8, 4) is 0 Å². The van der Waals surface area contributed by atoms with Crippen LogP contribution in [0.2, 0.25) is 0 Å². The molecule has 1 aromatic carbocycles. The number of carboxylic acids is 1. The number of carbonyl (C=O) groups is 1. The summed E-state index contributed by atoms with van der Waals surface area (Å²) in [5.41, 5.74) is -0.924. The first-order chi connectivity index (χ1) is 9.79. The molecule has 1 aromatic rings. The fourth-order valence-electron chi connectivity index (χ4n) is 3.99. The molecule has 1 aliphatic carbocycles. The minimum Gasteiger partial charge on any atom is -0.481 e. The Morgan fingerprint density at radius 1 is 1.33 bits per heavy atom. The van der Waals surface area contributed by atoms with Gasteiger partial charge in [0.1, 0.15) is 5.41 Å². The Morgan fingerprint density at radius 2 is 2.00 bits per heavy atom. The molecule has 2 bridgehead atoms. The summed E-state index contributed by atoms with van der Waals surface area (Å²) in [6.07, 6.45) is 0.849. The van der Waals surface area contributed by atoms with Crippen LogP contribution in [-0.4, -0.2) is 28.4 Å². The van der Waals surface area contributed by atoms with E-state index >= 15 is 0 Å². The fraction of sp³-hybridized carbons (Fsp3) is 0.588. The Bertz CT molecular complexity index is 553. The second-order valence-corrected chi connectivity index (χ2v) is 6.98. The number of hydrogen-bond acceptors (Lipinski definition) is 3. The summed E-state index contributed by atoms with van der Waals surface area (Å²) in [6.45, 7) is 6.21. The molecule has 3 rings (SSSR count). The summed E-state index contributed by atoms with van der Waals surface area (Å²) in [5, 5.41) is 9.71. The van der Waals surface area contributed by atoms with E-state index in [1.807, 2.05) is 51.1 Å². The molecule has 114 valence electrons. The van der Waals surface area contributed by atoms with Crippen molar-refractivity contribution in [3.63, 3.8) is 0 Å². The van der Waals surface area contributed by atoms with Crippen LogP contribution in [-0.2, 0) is 20.9 Å². The maximum Gasteiger partial charge on any atom is 0.312 e. The van der Waals surface area contributed by atoms with Crippen LogP contribution < -0.4 is 0 Å². The monoisotopic (exact) mass is 290 g/mol. The highest BCUT2D eigenvalue weighted by atomic mass is 16.6. The van der Waals surface area contributed by atoms with E-state index in [-0.39, 0.29) is 6.10 Å². The van der Waals surface area contributed by atoms with Crippen LogP contribution in [0.4, 0.5) is 0 Å². The van der Waals surface area contributed by atoms with Gasteiger partial charge in [0.2, 0.25) is 0 Å². The first kappa shape index (κ1) is 14.5. The average Bonchev–Trinajstić information content (AvgIpc) is 2.82. The van der Waals surface area contributed by atoms with Crippen molar-refractivity contribution < 1.29 is 19.4 Å². The Morgan fingerprint density at radius 3 is 2.57 bits per heavy atom. The molecule has 1 N–H and O–H groups in total. The van der Waals surface area contributed by atoms with Gasteiger partial charge in [-0.3, -0.25) is 4.79 Å². The molecule has 2 aliphatic rings. The van der Waals surface area contributed by atoms with Gasteiger partial charge in [0, 0.05) is 0 Å². The van der Waals surface area contributed by atoms with Crippen molar-refractivity contribution >= 4 is 5.97 Å². The van der Waals surface area contributed by atoms with Gasteiger partial charge in [-0.25, -0.2) is 0 Å². The summed E-state index contributed by atoms with van der Waals surface area (Å²) >= 11 is 0. The van der Waals surface area contributed by atoms with Gasteiger partial charge in [0.15, 0.2) is 0 Å². The van der Waals surface area contributed by atoms with Crippen LogP contribution in [0, 0.1) is 5.41 Å². The molecule has 21 heavy (non-hydrogen) atoms. The number of benzene rings is 1. The van der Waals surface area contributed by atoms with Gasteiger partial charge in [-0.1, -0.05) is 30.3 Å². The van der Waals surface area contributed by atoms with Crippen molar-refractivity contribution in [2.45, 2.75) is 57.5 Å². The highest BCUT2D eigenvalue weighted by Gasteiger charge is 2.71. The predicted octanol–water partition coefficient (Wildman–Crippen LogP) is 3.00. The molecule has 0 unspecified atom stereocenters. The van der Waals surface area contributed by atoms with E-state index in [9.17, 15) is 9.90 Å². The highest BCUT2D eigenvalue weighted by Crippen LogP contribution is 2.62. The third-order valence-electron chi connectivity index (χ3n) is 5.21. The number of fused-ring (bicyclic) bond motifs is 2. The highest BCUT2D eigenvalue weighted by molar-refractivity contribution is 5.78. The molecular weight excluding hydrogens is 268 g/mol. The number of rotatable bonds is 4. The molecule has 2 fully saturated rings. The SMILES string of the molecule is CC1(C)O[C@]2(C)C[C@@]1(C(=O)O)C[C@@H]2OCc1ccccc1. The zero-order valence-electron chi connectivity index (χ0n) is 12.8. The third kappa shape index (κ3) is 2.09. The van der Waals surface area contributed by atoms with E-state index in [2.05, 4.69) is 0 Å². The molecule has 1 saturated carbocycles. The fourth-order valence-corrected chi connectivity index (χ4v) is 3.99. The molecule has 1 saturated heterocycles. The van der Waals surface area contributed by atoms with Crippen LogP contribution in [0.5, 0.6) is 0 Å². The first-order valence-electron chi connectivity index (χ1n) is 7.38. The van der Waals surface area contributed by atoms with Crippen molar-refractivity contribution in [1.29, 1.82) is 0 Å². The number of carboxylic acid groups (broad SMARTS) is 1. The summed E-state index contributed by atoms with van der Waals surface area (Å²) in [7, 11) is 0. The van der Waals surface area contributed by atoms with E-state index in [4.69, 9.17) is 9.47 Å². The topological polar surface area (TPSA) is 55.8 Å². The summed E-state index contributed by atoms with van der Waals surface area (Å²) in [5.74, 6) is -0.776. The van der Waals surface area contributed by atoms with Gasteiger partial charge >= 0.3 is 5.97 Å². The Kier molecular flexibility index (Phi) is 3.15. The average molecular weight is 290 g/mol. The van der Waals surface area contributed by atoms with Gasteiger partial charge in [0.25, 0.3) is 0 Å². The molecule has 0 amide bonds. The van der Waals surface area contributed by atoms with E-state index in [1.165, 1.54) is 0 Å². The maximum absolute atomic E-state index is 11.8. The van der Waals surface area contributed by atoms with Crippen molar-refractivity contribution in [2.24, 2.45) is 5.41 Å². The molecular formula is C17H22O4. The van der Waals surface area contributed by atoms with Crippen LogP contribution in [0.15, 0.2) is 30.3 Å². The molecule has 1 heterocycles. The van der Waals surface area contributed by atoms with Crippen molar-refractivity contribution in [3.05, 3.63) is 35.9 Å². The van der Waals surface area contributed by atoms with E-state index in [0.29, 0.717) is 19.4 Å². The second-order valence-electron chi connectivity index (χ2n) is 6.98. The van der Waals surface area contributed by atoms with Gasteiger partial charge < -0.3 is 14.6 Å².